The maximum Gasteiger partial charge on any atom is 0.220 e. The van der Waals surface area contributed by atoms with E-state index in [4.69, 9.17) is 4.42 Å². The molecule has 4 rings (SSSR count). The van der Waals surface area contributed by atoms with Crippen LogP contribution in [0.1, 0.15) is 12.2 Å². The molecule has 0 aliphatic carbocycles. The van der Waals surface area contributed by atoms with Gasteiger partial charge >= 0.3 is 0 Å². The highest BCUT2D eigenvalue weighted by Gasteiger charge is 2.17. The molecule has 0 bridgehead atoms. The molecule has 1 amide bonds. The lowest BCUT2D eigenvalue weighted by molar-refractivity contribution is -0.121. The average molecular weight is 422 g/mol. The number of furan rings is 1. The number of para-hydroxylation sites is 1. The highest BCUT2D eigenvalue weighted by Crippen LogP contribution is 2.25. The molecule has 1 N–H and O–H groups in total. The predicted molar refractivity (Wildman–Crippen MR) is 121 cm³/mol. The van der Waals surface area contributed by atoms with Crippen molar-refractivity contribution in [1.29, 1.82) is 0 Å². The van der Waals surface area contributed by atoms with Gasteiger partial charge in [-0.1, -0.05) is 30.3 Å². The number of aryl methyl sites for hydroxylation is 1. The number of halogens is 1. The van der Waals surface area contributed by atoms with Crippen molar-refractivity contribution < 1.29 is 13.6 Å². The van der Waals surface area contributed by atoms with Gasteiger partial charge in [0.05, 0.1) is 5.56 Å². The first-order valence-corrected chi connectivity index (χ1v) is 10.8. The van der Waals surface area contributed by atoms with Gasteiger partial charge in [0.25, 0.3) is 0 Å². The summed E-state index contributed by atoms with van der Waals surface area (Å²) in [6, 6.07) is 20.5. The lowest BCUT2D eigenvalue weighted by Gasteiger charge is -2.36. The van der Waals surface area contributed by atoms with E-state index in [1.54, 1.807) is 30.3 Å². The van der Waals surface area contributed by atoms with E-state index in [1.807, 2.05) is 6.07 Å². The lowest BCUT2D eigenvalue weighted by Crippen LogP contribution is -2.48. The molecular formula is C25H28FN3O2. The number of amides is 1. The second-order valence-corrected chi connectivity index (χ2v) is 7.76. The zero-order valence-corrected chi connectivity index (χ0v) is 17.6. The molecule has 0 saturated carbocycles. The van der Waals surface area contributed by atoms with E-state index in [2.05, 4.69) is 39.4 Å². The Morgan fingerprint density at radius 3 is 2.45 bits per heavy atom. The summed E-state index contributed by atoms with van der Waals surface area (Å²) >= 11 is 0. The fourth-order valence-corrected chi connectivity index (χ4v) is 3.87. The number of hydrogen-bond donors (Lipinski definition) is 1. The summed E-state index contributed by atoms with van der Waals surface area (Å²) in [5.74, 6) is 0.867. The average Bonchev–Trinajstić information content (AvgIpc) is 3.28. The van der Waals surface area contributed by atoms with Crippen LogP contribution in [-0.2, 0) is 11.2 Å². The van der Waals surface area contributed by atoms with Crippen molar-refractivity contribution in [3.8, 4) is 11.3 Å². The molecule has 0 unspecified atom stereocenters. The number of nitrogens with zero attached hydrogens (tertiary/aromatic N) is 2. The largest absolute Gasteiger partial charge is 0.461 e. The number of carbonyl (C=O) groups excluding carboxylic acids is 1. The van der Waals surface area contributed by atoms with Crippen LogP contribution >= 0.6 is 0 Å². The molecule has 2 heterocycles. The molecule has 1 aliphatic rings. The molecule has 1 saturated heterocycles. The summed E-state index contributed by atoms with van der Waals surface area (Å²) < 4.78 is 19.6. The van der Waals surface area contributed by atoms with Crippen molar-refractivity contribution >= 4 is 11.6 Å². The van der Waals surface area contributed by atoms with Crippen molar-refractivity contribution in [1.82, 2.24) is 10.2 Å². The summed E-state index contributed by atoms with van der Waals surface area (Å²) in [7, 11) is 0. The van der Waals surface area contributed by atoms with Crippen LogP contribution < -0.4 is 10.2 Å². The molecule has 31 heavy (non-hydrogen) atoms. The van der Waals surface area contributed by atoms with Gasteiger partial charge in [-0.15, -0.1) is 0 Å². The van der Waals surface area contributed by atoms with E-state index in [9.17, 15) is 9.18 Å². The molecule has 6 heteroatoms. The minimum absolute atomic E-state index is 0.00626. The van der Waals surface area contributed by atoms with Gasteiger partial charge in [0.2, 0.25) is 5.91 Å². The Kier molecular flexibility index (Phi) is 6.99. The summed E-state index contributed by atoms with van der Waals surface area (Å²) in [5.41, 5.74) is 1.71. The smallest absolute Gasteiger partial charge is 0.220 e. The van der Waals surface area contributed by atoms with Gasteiger partial charge < -0.3 is 14.6 Å². The normalized spacial score (nSPS) is 14.5. The maximum atomic E-state index is 13.9. The van der Waals surface area contributed by atoms with Crippen molar-refractivity contribution in [2.75, 3.05) is 44.2 Å². The van der Waals surface area contributed by atoms with Gasteiger partial charge in [0, 0.05) is 57.8 Å². The lowest BCUT2D eigenvalue weighted by atomic mass is 10.1. The van der Waals surface area contributed by atoms with E-state index < -0.39 is 0 Å². The van der Waals surface area contributed by atoms with Crippen LogP contribution in [0, 0.1) is 5.82 Å². The molecule has 162 valence electrons. The second kappa shape index (κ2) is 10.3. The minimum Gasteiger partial charge on any atom is -0.461 e. The number of hydrogen-bond acceptors (Lipinski definition) is 4. The SMILES string of the molecule is O=C(CCc1ccc(-c2ccccc2F)o1)NCCN1CCN(c2ccccc2)CC1. The second-order valence-electron chi connectivity index (χ2n) is 7.76. The highest BCUT2D eigenvalue weighted by molar-refractivity contribution is 5.76. The summed E-state index contributed by atoms with van der Waals surface area (Å²) in [6.45, 7) is 5.49. The van der Waals surface area contributed by atoms with Gasteiger partial charge in [0.15, 0.2) is 0 Å². The first-order valence-electron chi connectivity index (χ1n) is 10.8. The topological polar surface area (TPSA) is 48.7 Å². The van der Waals surface area contributed by atoms with E-state index in [0.29, 0.717) is 36.5 Å². The monoisotopic (exact) mass is 421 g/mol. The number of carbonyl (C=O) groups is 1. The number of nitrogens with one attached hydrogen (secondary N) is 1. The van der Waals surface area contributed by atoms with Crippen molar-refractivity contribution in [2.24, 2.45) is 0 Å². The summed E-state index contributed by atoms with van der Waals surface area (Å²) in [6.07, 6.45) is 0.849. The number of benzene rings is 2. The molecule has 5 nitrogen and oxygen atoms in total. The molecule has 1 aromatic heterocycles. The highest BCUT2D eigenvalue weighted by atomic mass is 19.1. The Morgan fingerprint density at radius 1 is 0.935 bits per heavy atom. The van der Waals surface area contributed by atoms with Gasteiger partial charge in [-0.2, -0.15) is 0 Å². The van der Waals surface area contributed by atoms with E-state index in [-0.39, 0.29) is 11.7 Å². The zero-order valence-electron chi connectivity index (χ0n) is 17.6. The molecule has 0 spiro atoms. The van der Waals surface area contributed by atoms with Crippen molar-refractivity contribution in [3.63, 3.8) is 0 Å². The third-order valence-electron chi connectivity index (χ3n) is 5.64. The maximum absolute atomic E-state index is 13.9. The van der Waals surface area contributed by atoms with Gasteiger partial charge in [0.1, 0.15) is 17.3 Å². The standard InChI is InChI=1S/C25H28FN3O2/c26-23-9-5-4-8-22(23)24-12-10-21(31-24)11-13-25(30)27-14-15-28-16-18-29(19-17-28)20-6-2-1-3-7-20/h1-10,12H,11,13-19H2,(H,27,30). The van der Waals surface area contributed by atoms with E-state index in [0.717, 1.165) is 32.7 Å². The fourth-order valence-electron chi connectivity index (χ4n) is 3.87. The minimum atomic E-state index is -0.314. The van der Waals surface area contributed by atoms with Gasteiger partial charge in [-0.3, -0.25) is 9.69 Å². The number of rotatable bonds is 8. The molecule has 0 radical (unpaired) electrons. The Morgan fingerprint density at radius 2 is 1.68 bits per heavy atom. The van der Waals surface area contributed by atoms with Crippen molar-refractivity contribution in [2.45, 2.75) is 12.8 Å². The van der Waals surface area contributed by atoms with E-state index in [1.165, 1.54) is 11.8 Å². The Balaban J connectivity index is 1.14. The first-order chi connectivity index (χ1) is 15.2. The molecule has 0 atom stereocenters. The van der Waals surface area contributed by atoms with Crippen LogP contribution in [0.3, 0.4) is 0 Å². The van der Waals surface area contributed by atoms with Gasteiger partial charge in [-0.05, 0) is 36.4 Å². The van der Waals surface area contributed by atoms with Crippen LogP contribution in [-0.4, -0.2) is 50.1 Å². The third-order valence-corrected chi connectivity index (χ3v) is 5.64. The fraction of sp³-hybridized carbons (Fsp3) is 0.320. The number of anilines is 1. The number of piperazine rings is 1. The van der Waals surface area contributed by atoms with Crippen LogP contribution in [0.4, 0.5) is 10.1 Å². The van der Waals surface area contributed by atoms with Crippen molar-refractivity contribution in [3.05, 3.63) is 78.3 Å². The Bertz CT molecular complexity index is 981. The summed E-state index contributed by atoms with van der Waals surface area (Å²) in [4.78, 5) is 17.0. The predicted octanol–water partition coefficient (Wildman–Crippen LogP) is 3.96. The van der Waals surface area contributed by atoms with Crippen LogP contribution in [0.2, 0.25) is 0 Å². The first kappa shape index (κ1) is 21.1. The molecule has 2 aromatic carbocycles. The quantitative estimate of drug-likeness (QED) is 0.598. The molecule has 1 aliphatic heterocycles. The van der Waals surface area contributed by atoms with Gasteiger partial charge in [-0.25, -0.2) is 4.39 Å². The molecular weight excluding hydrogens is 393 g/mol. The Labute approximate surface area is 182 Å². The zero-order chi connectivity index (χ0) is 21.5. The summed E-state index contributed by atoms with van der Waals surface area (Å²) in [5, 5.41) is 2.99. The van der Waals surface area contributed by atoms with Crippen LogP contribution in [0.25, 0.3) is 11.3 Å². The van der Waals surface area contributed by atoms with Crippen LogP contribution in [0.15, 0.2) is 71.1 Å². The van der Waals surface area contributed by atoms with Crippen LogP contribution in [0.5, 0.6) is 0 Å². The molecule has 3 aromatic rings. The molecule has 1 fully saturated rings. The Hall–Kier alpha value is -3.12. The van der Waals surface area contributed by atoms with E-state index >= 15 is 0 Å². The third kappa shape index (κ3) is 5.73.